The summed E-state index contributed by atoms with van der Waals surface area (Å²) in [6.07, 6.45) is -3.18. The van der Waals surface area contributed by atoms with Crippen LogP contribution in [0.4, 0.5) is 13.2 Å². The fourth-order valence-electron chi connectivity index (χ4n) is 4.84. The number of aromatic hydroxyl groups is 1. The second kappa shape index (κ2) is 16.3. The molecule has 46 heavy (non-hydrogen) atoms. The smallest absolute Gasteiger partial charge is 0.506 e. The SMILES string of the molecule is CCN(CC)CCN(CCOc1ccc(C=NNC(=O)c2ccc(O)c(Cl)c2)c2ccccc12)Cc1ccc(OC(F)(F)F)cc1. The second-order valence-corrected chi connectivity index (χ2v) is 10.8. The van der Waals surface area contributed by atoms with Crippen molar-refractivity contribution in [3.8, 4) is 17.2 Å². The minimum absolute atomic E-state index is 0.0684. The van der Waals surface area contributed by atoms with E-state index < -0.39 is 12.3 Å². The average molecular weight is 657 g/mol. The second-order valence-electron chi connectivity index (χ2n) is 10.4. The number of halogens is 4. The molecular weight excluding hydrogens is 621 g/mol. The first-order valence-electron chi connectivity index (χ1n) is 14.8. The topological polar surface area (TPSA) is 86.6 Å². The fourth-order valence-corrected chi connectivity index (χ4v) is 5.02. The first kappa shape index (κ1) is 34.6. The van der Waals surface area contributed by atoms with Gasteiger partial charge in [-0.2, -0.15) is 5.10 Å². The molecule has 0 radical (unpaired) electrons. The minimum atomic E-state index is -4.73. The molecule has 0 atom stereocenters. The summed E-state index contributed by atoms with van der Waals surface area (Å²) >= 11 is 5.90. The molecular formula is C34H36ClF3N4O4. The number of phenols is 1. The molecule has 0 spiro atoms. The number of fused-ring (bicyclic) bond motifs is 1. The summed E-state index contributed by atoms with van der Waals surface area (Å²) in [5, 5.41) is 15.5. The molecule has 0 aliphatic heterocycles. The van der Waals surface area contributed by atoms with Crippen molar-refractivity contribution in [2.24, 2.45) is 5.10 Å². The zero-order chi connectivity index (χ0) is 33.1. The van der Waals surface area contributed by atoms with E-state index in [-0.39, 0.29) is 22.1 Å². The van der Waals surface area contributed by atoms with Crippen LogP contribution >= 0.6 is 11.6 Å². The Balaban J connectivity index is 1.42. The normalized spacial score (nSPS) is 11.9. The molecule has 4 aromatic carbocycles. The number of hydrogen-bond donors (Lipinski definition) is 2. The summed E-state index contributed by atoms with van der Waals surface area (Å²) in [7, 11) is 0. The number of amides is 1. The molecule has 0 heterocycles. The number of hydrazone groups is 1. The van der Waals surface area contributed by atoms with E-state index >= 15 is 0 Å². The van der Waals surface area contributed by atoms with E-state index in [1.54, 1.807) is 18.3 Å². The Labute approximate surface area is 271 Å². The Kier molecular flexibility index (Phi) is 12.2. The summed E-state index contributed by atoms with van der Waals surface area (Å²) in [4.78, 5) is 17.0. The standard InChI is InChI=1S/C34H36ClF3N4O4/c1-3-41(4-2)17-18-42(23-24-9-13-27(14-10-24)46-34(36,37)38)19-20-45-32-16-12-26(28-7-5-6-8-29(28)32)22-39-40-33(44)25-11-15-31(43)30(35)21-25/h5-16,21-22,43H,3-4,17-20,23H2,1-2H3,(H,40,44). The Morgan fingerprint density at radius 3 is 2.30 bits per heavy atom. The summed E-state index contributed by atoms with van der Waals surface area (Å²) in [6.45, 7) is 9.16. The quantitative estimate of drug-likeness (QED) is 0.105. The van der Waals surface area contributed by atoms with E-state index in [1.807, 2.05) is 36.4 Å². The van der Waals surface area contributed by atoms with Crippen molar-refractivity contribution in [3.05, 3.63) is 101 Å². The lowest BCUT2D eigenvalue weighted by Gasteiger charge is -2.26. The summed E-state index contributed by atoms with van der Waals surface area (Å²) in [6, 6.07) is 21.5. The Hall–Kier alpha value is -4.32. The maximum absolute atomic E-state index is 12.6. The lowest BCUT2D eigenvalue weighted by molar-refractivity contribution is -0.274. The molecule has 4 aromatic rings. The third-order valence-corrected chi connectivity index (χ3v) is 7.66. The van der Waals surface area contributed by atoms with E-state index in [0.717, 1.165) is 48.1 Å². The van der Waals surface area contributed by atoms with Crippen molar-refractivity contribution in [3.63, 3.8) is 0 Å². The largest absolute Gasteiger partial charge is 0.573 e. The summed E-state index contributed by atoms with van der Waals surface area (Å²) in [5.41, 5.74) is 4.36. The Morgan fingerprint density at radius 2 is 1.63 bits per heavy atom. The monoisotopic (exact) mass is 656 g/mol. The lowest BCUT2D eigenvalue weighted by atomic mass is 10.0. The van der Waals surface area contributed by atoms with Gasteiger partial charge in [-0.1, -0.05) is 61.8 Å². The Morgan fingerprint density at radius 1 is 0.935 bits per heavy atom. The zero-order valence-corrected chi connectivity index (χ0v) is 26.3. The van der Waals surface area contributed by atoms with Gasteiger partial charge in [-0.05, 0) is 66.5 Å². The number of carbonyl (C=O) groups is 1. The van der Waals surface area contributed by atoms with Crippen LogP contribution in [0.2, 0.25) is 5.02 Å². The Bertz CT molecular complexity index is 1630. The third-order valence-electron chi connectivity index (χ3n) is 7.35. The first-order valence-corrected chi connectivity index (χ1v) is 15.2. The van der Waals surface area contributed by atoms with Crippen molar-refractivity contribution in [2.75, 3.05) is 39.3 Å². The molecule has 0 bridgehead atoms. The maximum Gasteiger partial charge on any atom is 0.573 e. The number of benzene rings is 4. The van der Waals surface area contributed by atoms with Crippen LogP contribution in [0, 0.1) is 0 Å². The van der Waals surface area contributed by atoms with Crippen molar-refractivity contribution in [2.45, 2.75) is 26.8 Å². The van der Waals surface area contributed by atoms with Gasteiger partial charge < -0.3 is 19.5 Å². The van der Waals surface area contributed by atoms with E-state index in [1.165, 1.54) is 30.3 Å². The molecule has 1 amide bonds. The summed E-state index contributed by atoms with van der Waals surface area (Å²) < 4.78 is 48.0. The van der Waals surface area contributed by atoms with Crippen LogP contribution in [0.15, 0.2) is 84.0 Å². The number of rotatable bonds is 15. The lowest BCUT2D eigenvalue weighted by Crippen LogP contribution is -2.36. The van der Waals surface area contributed by atoms with Gasteiger partial charge in [0.2, 0.25) is 0 Å². The van der Waals surface area contributed by atoms with Gasteiger partial charge in [-0.3, -0.25) is 9.69 Å². The van der Waals surface area contributed by atoms with E-state index in [0.29, 0.717) is 25.4 Å². The van der Waals surface area contributed by atoms with Crippen molar-refractivity contribution in [1.82, 2.24) is 15.2 Å². The number of alkyl halides is 3. The molecule has 0 unspecified atom stereocenters. The van der Waals surface area contributed by atoms with Gasteiger partial charge in [-0.15, -0.1) is 13.2 Å². The number of carbonyl (C=O) groups excluding carboxylic acids is 1. The van der Waals surface area contributed by atoms with Crippen molar-refractivity contribution >= 4 is 34.5 Å². The van der Waals surface area contributed by atoms with Gasteiger partial charge in [0.05, 0.1) is 11.2 Å². The molecule has 4 rings (SSSR count). The third kappa shape index (κ3) is 10.1. The van der Waals surface area contributed by atoms with Gasteiger partial charge in [-0.25, -0.2) is 5.43 Å². The van der Waals surface area contributed by atoms with Gasteiger partial charge in [0, 0.05) is 42.7 Å². The molecule has 0 fully saturated rings. The van der Waals surface area contributed by atoms with Crippen LogP contribution in [0.25, 0.3) is 10.8 Å². The number of hydrogen-bond acceptors (Lipinski definition) is 7. The van der Waals surface area contributed by atoms with Gasteiger partial charge >= 0.3 is 6.36 Å². The highest BCUT2D eigenvalue weighted by atomic mass is 35.5. The van der Waals surface area contributed by atoms with Crippen LogP contribution in [0.1, 0.15) is 35.3 Å². The molecule has 0 saturated heterocycles. The highest BCUT2D eigenvalue weighted by Crippen LogP contribution is 2.28. The highest BCUT2D eigenvalue weighted by Gasteiger charge is 2.31. The van der Waals surface area contributed by atoms with Gasteiger partial charge in [0.25, 0.3) is 5.91 Å². The van der Waals surface area contributed by atoms with Crippen LogP contribution in [0.3, 0.4) is 0 Å². The molecule has 0 saturated carbocycles. The first-order chi connectivity index (χ1) is 22.1. The van der Waals surface area contributed by atoms with Crippen LogP contribution in [0.5, 0.6) is 17.2 Å². The molecule has 0 aromatic heterocycles. The van der Waals surface area contributed by atoms with E-state index in [4.69, 9.17) is 16.3 Å². The van der Waals surface area contributed by atoms with Gasteiger partial charge in [0.15, 0.2) is 0 Å². The number of ether oxygens (including phenoxy) is 2. The average Bonchev–Trinajstić information content (AvgIpc) is 3.03. The van der Waals surface area contributed by atoms with Crippen LogP contribution in [-0.4, -0.2) is 72.7 Å². The van der Waals surface area contributed by atoms with E-state index in [2.05, 4.69) is 38.9 Å². The minimum Gasteiger partial charge on any atom is -0.506 e. The van der Waals surface area contributed by atoms with Crippen molar-refractivity contribution < 1.29 is 32.5 Å². The highest BCUT2D eigenvalue weighted by molar-refractivity contribution is 6.32. The molecule has 2 N–H and O–H groups in total. The number of nitrogens with zero attached hydrogens (tertiary/aromatic N) is 3. The number of phenolic OH excluding ortho intramolecular Hbond substituents is 1. The van der Waals surface area contributed by atoms with Crippen molar-refractivity contribution in [1.29, 1.82) is 0 Å². The predicted molar refractivity (Wildman–Crippen MR) is 174 cm³/mol. The molecule has 8 nitrogen and oxygen atoms in total. The number of nitrogens with one attached hydrogen (secondary N) is 1. The molecule has 0 aliphatic carbocycles. The number of likely N-dealkylation sites (N-methyl/N-ethyl adjacent to an activating group) is 1. The molecule has 12 heteroatoms. The van der Waals surface area contributed by atoms with Gasteiger partial charge in [0.1, 0.15) is 23.9 Å². The summed E-state index contributed by atoms with van der Waals surface area (Å²) in [5.74, 6) is -0.151. The maximum atomic E-state index is 12.6. The fraction of sp³-hybridized carbons (Fsp3) is 0.294. The molecule has 0 aliphatic rings. The van der Waals surface area contributed by atoms with E-state index in [9.17, 15) is 23.1 Å². The molecule has 244 valence electrons. The zero-order valence-electron chi connectivity index (χ0n) is 25.6. The predicted octanol–water partition coefficient (Wildman–Crippen LogP) is 7.08. The van der Waals surface area contributed by atoms with Crippen LogP contribution < -0.4 is 14.9 Å². The van der Waals surface area contributed by atoms with Crippen LogP contribution in [-0.2, 0) is 6.54 Å².